The van der Waals surface area contributed by atoms with Crippen LogP contribution in [0.2, 0.25) is 5.02 Å². The largest absolute Gasteiger partial charge is 0.478 e. The van der Waals surface area contributed by atoms with E-state index in [-0.39, 0.29) is 5.56 Å². The van der Waals surface area contributed by atoms with Gasteiger partial charge in [-0.15, -0.1) is 0 Å². The molecule has 0 atom stereocenters. The zero-order chi connectivity index (χ0) is 14.5. The van der Waals surface area contributed by atoms with Crippen molar-refractivity contribution in [1.82, 2.24) is 0 Å². The van der Waals surface area contributed by atoms with Gasteiger partial charge >= 0.3 is 5.97 Å². The van der Waals surface area contributed by atoms with E-state index < -0.39 is 5.97 Å². The summed E-state index contributed by atoms with van der Waals surface area (Å²) in [5.41, 5.74) is 1.59. The SMILES string of the molecule is N#C/C(=C\c1ccc(Cl)cc1)c1ccccc1C(=O)O. The average molecular weight is 284 g/mol. The Balaban J connectivity index is 2.51. The number of carboxylic acids is 1. The Kier molecular flexibility index (Phi) is 4.19. The minimum absolute atomic E-state index is 0.106. The van der Waals surface area contributed by atoms with Crippen LogP contribution in [-0.2, 0) is 0 Å². The van der Waals surface area contributed by atoms with Gasteiger partial charge in [-0.2, -0.15) is 5.26 Å². The number of benzene rings is 2. The second-order valence-corrected chi connectivity index (χ2v) is 4.51. The van der Waals surface area contributed by atoms with Crippen LogP contribution in [0.25, 0.3) is 11.6 Å². The zero-order valence-corrected chi connectivity index (χ0v) is 11.1. The first-order valence-corrected chi connectivity index (χ1v) is 6.19. The Morgan fingerprint density at radius 3 is 2.25 bits per heavy atom. The van der Waals surface area contributed by atoms with Gasteiger partial charge in [0.25, 0.3) is 0 Å². The first-order chi connectivity index (χ1) is 9.61. The van der Waals surface area contributed by atoms with Gasteiger partial charge in [-0.3, -0.25) is 0 Å². The summed E-state index contributed by atoms with van der Waals surface area (Å²) in [7, 11) is 0. The second-order valence-electron chi connectivity index (χ2n) is 4.07. The molecule has 4 heteroatoms. The Bertz CT molecular complexity index is 712. The summed E-state index contributed by atoms with van der Waals surface area (Å²) in [6.45, 7) is 0. The highest BCUT2D eigenvalue weighted by Gasteiger charge is 2.12. The summed E-state index contributed by atoms with van der Waals surface area (Å²) in [5.74, 6) is -1.06. The van der Waals surface area contributed by atoms with Crippen molar-refractivity contribution in [1.29, 1.82) is 5.26 Å². The van der Waals surface area contributed by atoms with E-state index in [1.165, 1.54) is 6.07 Å². The van der Waals surface area contributed by atoms with Crippen molar-refractivity contribution in [3.63, 3.8) is 0 Å². The Morgan fingerprint density at radius 2 is 1.70 bits per heavy atom. The highest BCUT2D eigenvalue weighted by atomic mass is 35.5. The summed E-state index contributed by atoms with van der Waals surface area (Å²) >= 11 is 5.80. The van der Waals surface area contributed by atoms with E-state index in [0.717, 1.165) is 5.56 Å². The smallest absolute Gasteiger partial charge is 0.336 e. The maximum Gasteiger partial charge on any atom is 0.336 e. The molecule has 0 saturated heterocycles. The second kappa shape index (κ2) is 6.05. The highest BCUT2D eigenvalue weighted by molar-refractivity contribution is 6.30. The van der Waals surface area contributed by atoms with E-state index in [4.69, 9.17) is 16.7 Å². The Morgan fingerprint density at radius 1 is 1.10 bits per heavy atom. The van der Waals surface area contributed by atoms with Gasteiger partial charge in [-0.1, -0.05) is 41.9 Å². The van der Waals surface area contributed by atoms with Crippen LogP contribution < -0.4 is 0 Å². The van der Waals surface area contributed by atoms with E-state index in [1.807, 2.05) is 6.07 Å². The van der Waals surface area contributed by atoms with E-state index in [1.54, 1.807) is 48.5 Å². The van der Waals surface area contributed by atoms with Crippen molar-refractivity contribution < 1.29 is 9.90 Å². The fraction of sp³-hybridized carbons (Fsp3) is 0. The molecule has 0 unspecified atom stereocenters. The summed E-state index contributed by atoms with van der Waals surface area (Å²) in [6.07, 6.45) is 1.64. The molecule has 0 aromatic heterocycles. The van der Waals surface area contributed by atoms with Crippen molar-refractivity contribution in [2.75, 3.05) is 0 Å². The first kappa shape index (κ1) is 13.9. The fourth-order valence-corrected chi connectivity index (χ4v) is 1.93. The van der Waals surface area contributed by atoms with E-state index >= 15 is 0 Å². The third-order valence-corrected chi connectivity index (χ3v) is 3.00. The molecular weight excluding hydrogens is 274 g/mol. The lowest BCUT2D eigenvalue weighted by molar-refractivity contribution is 0.0696. The molecule has 2 aromatic rings. The third kappa shape index (κ3) is 3.05. The molecule has 0 aliphatic heterocycles. The van der Waals surface area contributed by atoms with Gasteiger partial charge in [0, 0.05) is 10.6 Å². The van der Waals surface area contributed by atoms with Crippen LogP contribution >= 0.6 is 11.6 Å². The van der Waals surface area contributed by atoms with Crippen LogP contribution in [0.3, 0.4) is 0 Å². The van der Waals surface area contributed by atoms with Gasteiger partial charge in [0.1, 0.15) is 0 Å². The first-order valence-electron chi connectivity index (χ1n) is 5.82. The average Bonchev–Trinajstić information content (AvgIpc) is 2.46. The molecule has 1 N–H and O–H groups in total. The van der Waals surface area contributed by atoms with Crippen LogP contribution in [-0.4, -0.2) is 11.1 Å². The van der Waals surface area contributed by atoms with E-state index in [9.17, 15) is 10.1 Å². The lowest BCUT2D eigenvalue weighted by Crippen LogP contribution is -2.01. The summed E-state index contributed by atoms with van der Waals surface area (Å²) < 4.78 is 0. The van der Waals surface area contributed by atoms with Crippen molar-refractivity contribution in [2.45, 2.75) is 0 Å². The molecule has 0 fully saturated rings. The lowest BCUT2D eigenvalue weighted by Gasteiger charge is -2.04. The van der Waals surface area contributed by atoms with Crippen molar-refractivity contribution in [2.24, 2.45) is 0 Å². The van der Waals surface area contributed by atoms with E-state index in [2.05, 4.69) is 0 Å². The molecule has 3 nitrogen and oxygen atoms in total. The molecule has 0 aliphatic carbocycles. The Labute approximate surface area is 121 Å². The number of hydrogen-bond acceptors (Lipinski definition) is 2. The number of allylic oxidation sites excluding steroid dienone is 1. The number of nitriles is 1. The highest BCUT2D eigenvalue weighted by Crippen LogP contribution is 2.22. The zero-order valence-electron chi connectivity index (χ0n) is 10.4. The lowest BCUT2D eigenvalue weighted by atomic mass is 9.98. The standard InChI is InChI=1S/C16H10ClNO2/c17-13-7-5-11(6-8-13)9-12(10-18)14-3-1-2-4-15(14)16(19)20/h1-9H,(H,19,20)/b12-9+. The van der Waals surface area contributed by atoms with Gasteiger partial charge in [-0.05, 0) is 29.8 Å². The molecule has 0 radical (unpaired) electrons. The molecular formula is C16H10ClNO2. The minimum Gasteiger partial charge on any atom is -0.478 e. The predicted molar refractivity (Wildman–Crippen MR) is 78.3 cm³/mol. The van der Waals surface area contributed by atoms with Crippen molar-refractivity contribution in [3.8, 4) is 6.07 Å². The normalized spacial score (nSPS) is 10.9. The van der Waals surface area contributed by atoms with Gasteiger partial charge in [-0.25, -0.2) is 4.79 Å². The van der Waals surface area contributed by atoms with Gasteiger partial charge in [0.2, 0.25) is 0 Å². The maximum atomic E-state index is 11.2. The molecule has 0 spiro atoms. The quantitative estimate of drug-likeness (QED) is 0.681. The number of nitrogens with zero attached hydrogens (tertiary/aromatic N) is 1. The summed E-state index contributed by atoms with van der Waals surface area (Å²) in [4.78, 5) is 11.2. The van der Waals surface area contributed by atoms with Crippen LogP contribution in [0.5, 0.6) is 0 Å². The molecule has 0 amide bonds. The molecule has 0 heterocycles. The molecule has 2 rings (SSSR count). The third-order valence-electron chi connectivity index (χ3n) is 2.75. The number of aromatic carboxylic acids is 1. The molecule has 20 heavy (non-hydrogen) atoms. The molecule has 0 aliphatic rings. The van der Waals surface area contributed by atoms with Crippen LogP contribution in [0.4, 0.5) is 0 Å². The topological polar surface area (TPSA) is 61.1 Å². The monoisotopic (exact) mass is 283 g/mol. The maximum absolute atomic E-state index is 11.2. The number of rotatable bonds is 3. The van der Waals surface area contributed by atoms with Gasteiger partial charge in [0.05, 0.1) is 17.2 Å². The van der Waals surface area contributed by atoms with Crippen molar-refractivity contribution >= 4 is 29.2 Å². The predicted octanol–water partition coefficient (Wildman–Crippen LogP) is 4.10. The molecule has 2 aromatic carbocycles. The van der Waals surface area contributed by atoms with Gasteiger partial charge in [0.15, 0.2) is 0 Å². The summed E-state index contributed by atoms with van der Waals surface area (Å²) in [5, 5.41) is 19.0. The minimum atomic E-state index is -1.06. The molecule has 0 bridgehead atoms. The summed E-state index contributed by atoms with van der Waals surface area (Å²) in [6, 6.07) is 15.4. The van der Waals surface area contributed by atoms with Crippen molar-refractivity contribution in [3.05, 3.63) is 70.2 Å². The number of hydrogen-bond donors (Lipinski definition) is 1. The van der Waals surface area contributed by atoms with Crippen LogP contribution in [0.1, 0.15) is 21.5 Å². The molecule has 98 valence electrons. The number of halogens is 1. The molecule has 0 saturated carbocycles. The van der Waals surface area contributed by atoms with Crippen LogP contribution in [0.15, 0.2) is 48.5 Å². The van der Waals surface area contributed by atoms with E-state index in [0.29, 0.717) is 16.2 Å². The van der Waals surface area contributed by atoms with Gasteiger partial charge < -0.3 is 5.11 Å². The fourth-order valence-electron chi connectivity index (χ4n) is 1.80. The number of carboxylic acid groups (broad SMARTS) is 1. The van der Waals surface area contributed by atoms with Crippen LogP contribution in [0, 0.1) is 11.3 Å². The Hall–Kier alpha value is -2.57. The number of carbonyl (C=O) groups is 1.